The highest BCUT2D eigenvalue weighted by Gasteiger charge is 2.04. The Morgan fingerprint density at radius 2 is 2.25 bits per heavy atom. The van der Waals surface area contributed by atoms with Crippen molar-refractivity contribution in [3.63, 3.8) is 0 Å². The molecule has 0 fully saturated rings. The molecule has 0 heterocycles. The van der Waals surface area contributed by atoms with E-state index in [2.05, 4.69) is 0 Å². The molecule has 88 valence electrons. The summed E-state index contributed by atoms with van der Waals surface area (Å²) in [4.78, 5) is 10.5. The van der Waals surface area contributed by atoms with Crippen LogP contribution >= 0.6 is 0 Å². The number of carboxylic acids is 1. The van der Waals surface area contributed by atoms with Crippen molar-refractivity contribution in [1.82, 2.24) is 0 Å². The highest BCUT2D eigenvalue weighted by molar-refractivity contribution is 5.70. The van der Waals surface area contributed by atoms with Crippen molar-refractivity contribution >= 4 is 5.97 Å². The SMILES string of the molecule is CC(CO)COc1cccc(CC(=O)O)c1. The van der Waals surface area contributed by atoms with Crippen molar-refractivity contribution in [1.29, 1.82) is 0 Å². The van der Waals surface area contributed by atoms with Gasteiger partial charge in [0.2, 0.25) is 0 Å². The predicted molar refractivity (Wildman–Crippen MR) is 59.5 cm³/mol. The number of hydrogen-bond donors (Lipinski definition) is 2. The second kappa shape index (κ2) is 6.12. The molecular weight excluding hydrogens is 208 g/mol. The lowest BCUT2D eigenvalue weighted by atomic mass is 10.1. The minimum Gasteiger partial charge on any atom is -0.493 e. The van der Waals surface area contributed by atoms with E-state index in [1.54, 1.807) is 24.3 Å². The van der Waals surface area contributed by atoms with Crippen LogP contribution in [0.3, 0.4) is 0 Å². The number of carboxylic acid groups (broad SMARTS) is 1. The van der Waals surface area contributed by atoms with Crippen LogP contribution in [-0.2, 0) is 11.2 Å². The summed E-state index contributed by atoms with van der Waals surface area (Å²) in [5, 5.41) is 17.5. The Hall–Kier alpha value is -1.55. The molecular formula is C12H16O4. The topological polar surface area (TPSA) is 66.8 Å². The average Bonchev–Trinajstić information content (AvgIpc) is 2.25. The number of hydrogen-bond acceptors (Lipinski definition) is 3. The summed E-state index contributed by atoms with van der Waals surface area (Å²) in [6.45, 7) is 2.38. The van der Waals surface area contributed by atoms with Crippen LogP contribution in [0.2, 0.25) is 0 Å². The molecule has 0 aromatic heterocycles. The molecule has 1 unspecified atom stereocenters. The van der Waals surface area contributed by atoms with Crippen molar-refractivity contribution < 1.29 is 19.7 Å². The quantitative estimate of drug-likeness (QED) is 0.764. The van der Waals surface area contributed by atoms with E-state index in [1.807, 2.05) is 6.92 Å². The third-order valence-electron chi connectivity index (χ3n) is 2.10. The zero-order chi connectivity index (χ0) is 12.0. The molecule has 0 bridgehead atoms. The van der Waals surface area contributed by atoms with E-state index in [9.17, 15) is 4.79 Å². The first-order chi connectivity index (χ1) is 7.61. The maximum Gasteiger partial charge on any atom is 0.307 e. The predicted octanol–water partition coefficient (Wildman–Crippen LogP) is 1.32. The maximum atomic E-state index is 10.5. The minimum absolute atomic E-state index is 0.00719. The van der Waals surface area contributed by atoms with Crippen LogP contribution in [-0.4, -0.2) is 29.4 Å². The molecule has 0 aliphatic heterocycles. The second-order valence-corrected chi connectivity index (χ2v) is 3.82. The van der Waals surface area contributed by atoms with Gasteiger partial charge in [-0.25, -0.2) is 0 Å². The van der Waals surface area contributed by atoms with Crippen LogP contribution in [0.15, 0.2) is 24.3 Å². The summed E-state index contributed by atoms with van der Waals surface area (Å²) in [5.74, 6) is -0.150. The fraction of sp³-hybridized carbons (Fsp3) is 0.417. The molecule has 2 N–H and O–H groups in total. The van der Waals surface area contributed by atoms with Crippen LogP contribution in [0.4, 0.5) is 0 Å². The van der Waals surface area contributed by atoms with Gasteiger partial charge in [-0.15, -0.1) is 0 Å². The fourth-order valence-electron chi connectivity index (χ4n) is 1.21. The lowest BCUT2D eigenvalue weighted by Crippen LogP contribution is -2.12. The number of aliphatic hydroxyl groups is 1. The van der Waals surface area contributed by atoms with E-state index < -0.39 is 5.97 Å². The molecule has 1 rings (SSSR count). The number of carbonyl (C=O) groups is 1. The van der Waals surface area contributed by atoms with Crippen molar-refractivity contribution in [2.24, 2.45) is 5.92 Å². The Morgan fingerprint density at radius 1 is 1.50 bits per heavy atom. The summed E-state index contributed by atoms with van der Waals surface area (Å²) >= 11 is 0. The molecule has 1 atom stereocenters. The highest BCUT2D eigenvalue weighted by atomic mass is 16.5. The van der Waals surface area contributed by atoms with Crippen molar-refractivity contribution in [3.8, 4) is 5.75 Å². The maximum absolute atomic E-state index is 10.5. The zero-order valence-corrected chi connectivity index (χ0v) is 9.22. The number of benzene rings is 1. The Morgan fingerprint density at radius 3 is 2.88 bits per heavy atom. The first-order valence-corrected chi connectivity index (χ1v) is 5.16. The van der Waals surface area contributed by atoms with Crippen LogP contribution in [0.1, 0.15) is 12.5 Å². The molecule has 4 nitrogen and oxygen atoms in total. The largest absolute Gasteiger partial charge is 0.493 e. The molecule has 1 aromatic rings. The Bertz CT molecular complexity index is 349. The third kappa shape index (κ3) is 4.31. The fourth-order valence-corrected chi connectivity index (χ4v) is 1.21. The molecule has 0 aliphatic carbocycles. The highest BCUT2D eigenvalue weighted by Crippen LogP contribution is 2.14. The van der Waals surface area contributed by atoms with Gasteiger partial charge in [-0.05, 0) is 17.7 Å². The van der Waals surface area contributed by atoms with Gasteiger partial charge in [-0.3, -0.25) is 4.79 Å². The smallest absolute Gasteiger partial charge is 0.307 e. The van der Waals surface area contributed by atoms with Crippen molar-refractivity contribution in [3.05, 3.63) is 29.8 Å². The van der Waals surface area contributed by atoms with E-state index in [4.69, 9.17) is 14.9 Å². The second-order valence-electron chi connectivity index (χ2n) is 3.82. The standard InChI is InChI=1S/C12H16O4/c1-9(7-13)8-16-11-4-2-3-10(5-11)6-12(14)15/h2-5,9,13H,6-8H2,1H3,(H,14,15). The van der Waals surface area contributed by atoms with E-state index >= 15 is 0 Å². The van der Waals surface area contributed by atoms with Gasteiger partial charge < -0.3 is 14.9 Å². The zero-order valence-electron chi connectivity index (χ0n) is 9.22. The molecule has 4 heteroatoms. The van der Waals surface area contributed by atoms with Gasteiger partial charge in [0, 0.05) is 12.5 Å². The molecule has 0 saturated heterocycles. The van der Waals surface area contributed by atoms with Gasteiger partial charge in [0.05, 0.1) is 13.0 Å². The first-order valence-electron chi connectivity index (χ1n) is 5.16. The molecule has 0 saturated carbocycles. The first kappa shape index (κ1) is 12.5. The number of aliphatic hydroxyl groups excluding tert-OH is 1. The van der Waals surface area contributed by atoms with Crippen LogP contribution < -0.4 is 4.74 Å². The van der Waals surface area contributed by atoms with Crippen molar-refractivity contribution in [2.75, 3.05) is 13.2 Å². The van der Waals surface area contributed by atoms with Gasteiger partial charge in [-0.1, -0.05) is 19.1 Å². The van der Waals surface area contributed by atoms with Crippen LogP contribution in [0.25, 0.3) is 0 Å². The summed E-state index contributed by atoms with van der Waals surface area (Å²) in [6, 6.07) is 6.99. The van der Waals surface area contributed by atoms with Crippen LogP contribution in [0, 0.1) is 5.92 Å². The third-order valence-corrected chi connectivity index (χ3v) is 2.10. The van der Waals surface area contributed by atoms with E-state index in [1.165, 1.54) is 0 Å². The monoisotopic (exact) mass is 224 g/mol. The molecule has 1 aromatic carbocycles. The van der Waals surface area contributed by atoms with Gasteiger partial charge >= 0.3 is 5.97 Å². The normalized spacial score (nSPS) is 12.1. The molecule has 0 aliphatic rings. The number of aliphatic carboxylic acids is 1. The van der Waals surface area contributed by atoms with Gasteiger partial charge in [0.1, 0.15) is 5.75 Å². The summed E-state index contributed by atoms with van der Waals surface area (Å²) < 4.78 is 5.43. The van der Waals surface area contributed by atoms with E-state index in [0.29, 0.717) is 17.9 Å². The van der Waals surface area contributed by atoms with Gasteiger partial charge in [-0.2, -0.15) is 0 Å². The van der Waals surface area contributed by atoms with E-state index in [-0.39, 0.29) is 18.9 Å². The van der Waals surface area contributed by atoms with Gasteiger partial charge in [0.25, 0.3) is 0 Å². The summed E-state index contributed by atoms with van der Waals surface area (Å²) in [7, 11) is 0. The minimum atomic E-state index is -0.860. The summed E-state index contributed by atoms with van der Waals surface area (Å²) in [6.07, 6.45) is -0.00719. The average molecular weight is 224 g/mol. The Kier molecular flexibility index (Phi) is 4.79. The van der Waals surface area contributed by atoms with Gasteiger partial charge in [0.15, 0.2) is 0 Å². The molecule has 0 amide bonds. The number of rotatable bonds is 6. The Labute approximate surface area is 94.5 Å². The summed E-state index contributed by atoms with van der Waals surface area (Å²) in [5.41, 5.74) is 0.710. The number of ether oxygens (including phenoxy) is 1. The Balaban J connectivity index is 2.56. The molecule has 16 heavy (non-hydrogen) atoms. The molecule has 0 spiro atoms. The van der Waals surface area contributed by atoms with Crippen molar-refractivity contribution in [2.45, 2.75) is 13.3 Å². The van der Waals surface area contributed by atoms with Crippen LogP contribution in [0.5, 0.6) is 5.75 Å². The molecule has 0 radical (unpaired) electrons. The van der Waals surface area contributed by atoms with E-state index in [0.717, 1.165) is 0 Å². The lowest BCUT2D eigenvalue weighted by Gasteiger charge is -2.10. The lowest BCUT2D eigenvalue weighted by molar-refractivity contribution is -0.136.